The van der Waals surface area contributed by atoms with Crippen molar-refractivity contribution >= 4 is 29.5 Å². The SMILES string of the molecule is CO[Si](CCCC(=O)OCCOC(=O)CCC[Si](OC)(OC)OC)(OC)OC. The van der Waals surface area contributed by atoms with Crippen molar-refractivity contribution < 1.29 is 45.6 Å². The molecule has 0 saturated carbocycles. The van der Waals surface area contributed by atoms with Gasteiger partial charge in [-0.2, -0.15) is 0 Å². The van der Waals surface area contributed by atoms with E-state index >= 15 is 0 Å². The summed E-state index contributed by atoms with van der Waals surface area (Å²) in [5.74, 6) is -0.753. The van der Waals surface area contributed by atoms with Gasteiger partial charge in [0.1, 0.15) is 13.2 Å². The highest BCUT2D eigenvalue weighted by Gasteiger charge is 2.38. The van der Waals surface area contributed by atoms with Crippen LogP contribution in [0.4, 0.5) is 0 Å². The number of carbonyl (C=O) groups excluding carboxylic acids is 2. The van der Waals surface area contributed by atoms with Crippen molar-refractivity contribution in [3.63, 3.8) is 0 Å². The molecule has 0 aliphatic heterocycles. The standard InChI is InChI=1S/C16H34O10Si2/c1-19-27(20-2,21-3)13-7-9-15(17)25-11-12-26-16(18)10-8-14-28(22-4,23-5)24-6/h7-14H2,1-6H3. The minimum Gasteiger partial charge on any atom is -0.462 e. The average Bonchev–Trinajstić information content (AvgIpc) is 2.72. The molecule has 0 aromatic carbocycles. The third-order valence-electron chi connectivity index (χ3n) is 4.20. The van der Waals surface area contributed by atoms with Crippen LogP contribution >= 0.6 is 0 Å². The predicted molar refractivity (Wildman–Crippen MR) is 104 cm³/mol. The van der Waals surface area contributed by atoms with E-state index in [2.05, 4.69) is 0 Å². The zero-order chi connectivity index (χ0) is 21.5. The molecule has 0 unspecified atom stereocenters. The molecule has 0 heterocycles. The predicted octanol–water partition coefficient (Wildman–Crippen LogP) is 1.39. The van der Waals surface area contributed by atoms with Crippen LogP contribution in [0.2, 0.25) is 12.1 Å². The van der Waals surface area contributed by atoms with Crippen molar-refractivity contribution in [1.29, 1.82) is 0 Å². The first-order chi connectivity index (χ1) is 13.4. The smallest absolute Gasteiger partial charge is 0.462 e. The number of rotatable bonds is 17. The maximum atomic E-state index is 11.7. The first-order valence-corrected chi connectivity index (χ1v) is 12.8. The van der Waals surface area contributed by atoms with E-state index in [0.717, 1.165) is 0 Å². The third kappa shape index (κ3) is 10.1. The summed E-state index contributed by atoms with van der Waals surface area (Å²) >= 11 is 0. The first-order valence-electron chi connectivity index (χ1n) is 8.98. The summed E-state index contributed by atoms with van der Waals surface area (Å²) in [5, 5.41) is 0. The highest BCUT2D eigenvalue weighted by Crippen LogP contribution is 2.17. The Kier molecular flexibility index (Phi) is 14.6. The zero-order valence-electron chi connectivity index (χ0n) is 17.7. The van der Waals surface area contributed by atoms with Gasteiger partial charge in [0.2, 0.25) is 0 Å². The van der Waals surface area contributed by atoms with Gasteiger partial charge in [0.15, 0.2) is 0 Å². The lowest BCUT2D eigenvalue weighted by atomic mass is 10.3. The second-order valence-electron chi connectivity index (χ2n) is 5.74. The Bertz CT molecular complexity index is 385. The Morgan fingerprint density at radius 1 is 0.571 bits per heavy atom. The largest absolute Gasteiger partial charge is 0.500 e. The number of carbonyl (C=O) groups is 2. The minimum atomic E-state index is -2.67. The molecule has 0 spiro atoms. The molecule has 0 fully saturated rings. The van der Waals surface area contributed by atoms with Crippen molar-refractivity contribution in [3.8, 4) is 0 Å². The van der Waals surface area contributed by atoms with E-state index in [0.29, 0.717) is 24.9 Å². The van der Waals surface area contributed by atoms with Crippen molar-refractivity contribution in [2.75, 3.05) is 55.9 Å². The molecule has 0 aliphatic carbocycles. The molecule has 28 heavy (non-hydrogen) atoms. The number of hydrogen-bond acceptors (Lipinski definition) is 10. The molecule has 0 atom stereocenters. The summed E-state index contributed by atoms with van der Waals surface area (Å²) in [7, 11) is 3.78. The van der Waals surface area contributed by atoms with Gasteiger partial charge in [-0.05, 0) is 12.8 Å². The van der Waals surface area contributed by atoms with E-state index in [9.17, 15) is 9.59 Å². The monoisotopic (exact) mass is 442 g/mol. The highest BCUT2D eigenvalue weighted by atomic mass is 28.4. The van der Waals surface area contributed by atoms with Gasteiger partial charge in [-0.25, -0.2) is 0 Å². The Morgan fingerprint density at radius 2 is 0.857 bits per heavy atom. The molecule has 0 rings (SSSR count). The minimum absolute atomic E-state index is 0.0128. The van der Waals surface area contributed by atoms with Gasteiger partial charge in [0.25, 0.3) is 0 Å². The fraction of sp³-hybridized carbons (Fsp3) is 0.875. The molecular formula is C16H34O10Si2. The van der Waals surface area contributed by atoms with Gasteiger partial charge in [-0.15, -0.1) is 0 Å². The Morgan fingerprint density at radius 3 is 1.11 bits per heavy atom. The highest BCUT2D eigenvalue weighted by molar-refractivity contribution is 6.60. The Hall–Kier alpha value is -0.866. The Labute approximate surface area is 169 Å². The van der Waals surface area contributed by atoms with Gasteiger partial charge in [-0.3, -0.25) is 9.59 Å². The van der Waals surface area contributed by atoms with Crippen LogP contribution < -0.4 is 0 Å². The molecule has 0 amide bonds. The lowest BCUT2D eigenvalue weighted by Crippen LogP contribution is -2.42. The van der Waals surface area contributed by atoms with Crippen molar-refractivity contribution in [2.45, 2.75) is 37.8 Å². The second-order valence-corrected chi connectivity index (χ2v) is 11.9. The molecule has 0 aromatic rings. The van der Waals surface area contributed by atoms with Crippen molar-refractivity contribution in [2.24, 2.45) is 0 Å². The van der Waals surface area contributed by atoms with Crippen LogP contribution in [0, 0.1) is 0 Å². The molecule has 0 saturated heterocycles. The van der Waals surface area contributed by atoms with Crippen LogP contribution in [-0.2, 0) is 45.6 Å². The summed E-state index contributed by atoms with van der Waals surface area (Å²) in [6.45, 7) is 0.0256. The molecule has 166 valence electrons. The first kappa shape index (κ1) is 27.1. The molecule has 0 bridgehead atoms. The van der Waals surface area contributed by atoms with Gasteiger partial charge in [-0.1, -0.05) is 0 Å². The maximum absolute atomic E-state index is 11.7. The van der Waals surface area contributed by atoms with E-state index in [1.54, 1.807) is 0 Å². The van der Waals surface area contributed by atoms with Gasteiger partial charge < -0.3 is 36.0 Å². The maximum Gasteiger partial charge on any atom is 0.500 e. The summed E-state index contributed by atoms with van der Waals surface area (Å²) in [6.07, 6.45) is 1.45. The molecule has 0 N–H and O–H groups in total. The second kappa shape index (κ2) is 15.0. The van der Waals surface area contributed by atoms with E-state index in [1.807, 2.05) is 0 Å². The molecule has 12 heteroatoms. The van der Waals surface area contributed by atoms with Gasteiger partial charge in [0, 0.05) is 67.6 Å². The topological polar surface area (TPSA) is 108 Å². The van der Waals surface area contributed by atoms with Crippen LogP contribution in [0.3, 0.4) is 0 Å². The lowest BCUT2D eigenvalue weighted by Gasteiger charge is -2.24. The summed E-state index contributed by atoms with van der Waals surface area (Å²) in [5.41, 5.74) is 0. The van der Waals surface area contributed by atoms with Crippen molar-refractivity contribution in [1.82, 2.24) is 0 Å². The summed E-state index contributed by atoms with van der Waals surface area (Å²) in [6, 6.07) is 1.02. The summed E-state index contributed by atoms with van der Waals surface area (Å²) in [4.78, 5) is 23.4. The van der Waals surface area contributed by atoms with Crippen LogP contribution in [0.15, 0.2) is 0 Å². The fourth-order valence-electron chi connectivity index (χ4n) is 2.47. The Balaban J connectivity index is 3.89. The molecule has 0 aromatic heterocycles. The van der Waals surface area contributed by atoms with E-state index < -0.39 is 17.6 Å². The van der Waals surface area contributed by atoms with E-state index in [4.69, 9.17) is 36.0 Å². The van der Waals surface area contributed by atoms with Crippen LogP contribution in [0.1, 0.15) is 25.7 Å². The van der Waals surface area contributed by atoms with E-state index in [1.165, 1.54) is 42.7 Å². The average molecular weight is 443 g/mol. The molecule has 10 nitrogen and oxygen atoms in total. The lowest BCUT2D eigenvalue weighted by molar-refractivity contribution is -0.152. The van der Waals surface area contributed by atoms with Crippen LogP contribution in [-0.4, -0.2) is 85.4 Å². The fourth-order valence-corrected chi connectivity index (χ4v) is 5.91. The number of hydrogen-bond donors (Lipinski definition) is 0. The third-order valence-corrected chi connectivity index (χ3v) is 9.87. The number of ether oxygens (including phenoxy) is 2. The normalized spacial score (nSPS) is 12.1. The quantitative estimate of drug-likeness (QED) is 0.186. The van der Waals surface area contributed by atoms with Crippen molar-refractivity contribution in [3.05, 3.63) is 0 Å². The molecule has 0 radical (unpaired) electrons. The van der Waals surface area contributed by atoms with Gasteiger partial charge >= 0.3 is 29.5 Å². The van der Waals surface area contributed by atoms with E-state index in [-0.39, 0.29) is 38.0 Å². The summed E-state index contributed by atoms with van der Waals surface area (Å²) < 4.78 is 41.8. The molecular weight excluding hydrogens is 408 g/mol. The van der Waals surface area contributed by atoms with Crippen LogP contribution in [0.25, 0.3) is 0 Å². The van der Waals surface area contributed by atoms with Crippen LogP contribution in [0.5, 0.6) is 0 Å². The van der Waals surface area contributed by atoms with Gasteiger partial charge in [0.05, 0.1) is 0 Å². The zero-order valence-corrected chi connectivity index (χ0v) is 19.7. The number of esters is 2. The molecule has 0 aliphatic rings.